The van der Waals surface area contributed by atoms with Crippen LogP contribution >= 0.6 is 22.9 Å². The van der Waals surface area contributed by atoms with Crippen LogP contribution in [0, 0.1) is 5.41 Å². The Morgan fingerprint density at radius 2 is 2.06 bits per heavy atom. The van der Waals surface area contributed by atoms with Crippen molar-refractivity contribution in [3.05, 3.63) is 53.1 Å². The fourth-order valence-electron chi connectivity index (χ4n) is 4.28. The van der Waals surface area contributed by atoms with E-state index in [4.69, 9.17) is 26.4 Å². The zero-order chi connectivity index (χ0) is 21.8. The molecule has 0 saturated carbocycles. The molecule has 31 heavy (non-hydrogen) atoms. The summed E-state index contributed by atoms with van der Waals surface area (Å²) in [6.07, 6.45) is 4.36. The summed E-state index contributed by atoms with van der Waals surface area (Å²) in [5.74, 6) is -0.0827. The first-order valence-electron chi connectivity index (χ1n) is 10.7. The van der Waals surface area contributed by atoms with Crippen molar-refractivity contribution in [3.63, 3.8) is 0 Å². The Hall–Kier alpha value is -2.31. The van der Waals surface area contributed by atoms with Gasteiger partial charge in [-0.25, -0.2) is 4.98 Å². The molecule has 2 heterocycles. The summed E-state index contributed by atoms with van der Waals surface area (Å²) >= 11 is 7.83. The predicted molar refractivity (Wildman–Crippen MR) is 127 cm³/mol. The van der Waals surface area contributed by atoms with Gasteiger partial charge in [0.15, 0.2) is 5.13 Å². The Labute approximate surface area is 191 Å². The molecule has 5 nitrogen and oxygen atoms in total. The van der Waals surface area contributed by atoms with Gasteiger partial charge in [0, 0.05) is 18.1 Å². The minimum Gasteiger partial charge on any atom is -0.494 e. The third-order valence-electron chi connectivity index (χ3n) is 6.34. The van der Waals surface area contributed by atoms with Crippen molar-refractivity contribution in [2.45, 2.75) is 39.0 Å². The molecule has 0 radical (unpaired) electrons. The number of halogens is 1. The van der Waals surface area contributed by atoms with Gasteiger partial charge >= 0.3 is 5.97 Å². The number of aromatic nitrogens is 1. The lowest BCUT2D eigenvalue weighted by atomic mass is 9.74. The number of aliphatic carboxylic acids is 1. The Morgan fingerprint density at radius 3 is 2.81 bits per heavy atom. The lowest BCUT2D eigenvalue weighted by molar-refractivity contribution is -0.136. The number of carboxylic acid groups (broad SMARTS) is 1. The standard InChI is InChI=1S/C24H27ClN2O3S/c1-2-24(10-13-30-19-5-3-4-17(14-19)15-22(28)29)8-11-27(12-9-24)23-26-20-7-6-18(25)16-21(20)31-23/h3-7,14,16H,2,8-13,15H2,1H3,(H,28,29). The minimum atomic E-state index is -0.829. The molecule has 1 fully saturated rings. The number of anilines is 1. The summed E-state index contributed by atoms with van der Waals surface area (Å²) < 4.78 is 7.12. The van der Waals surface area contributed by atoms with E-state index in [0.717, 1.165) is 70.5 Å². The number of thiazole rings is 1. The van der Waals surface area contributed by atoms with Crippen molar-refractivity contribution in [1.29, 1.82) is 0 Å². The highest BCUT2D eigenvalue weighted by atomic mass is 35.5. The van der Waals surface area contributed by atoms with Crippen LogP contribution in [0.2, 0.25) is 5.02 Å². The van der Waals surface area contributed by atoms with Crippen molar-refractivity contribution in [2.24, 2.45) is 5.41 Å². The van der Waals surface area contributed by atoms with Gasteiger partial charge in [0.05, 0.1) is 23.2 Å². The first-order chi connectivity index (χ1) is 15.0. The van der Waals surface area contributed by atoms with Crippen LogP contribution in [0.3, 0.4) is 0 Å². The molecule has 1 aliphatic rings. The number of piperidine rings is 1. The number of ether oxygens (including phenoxy) is 1. The number of fused-ring (bicyclic) bond motifs is 1. The molecule has 1 N–H and O–H groups in total. The quantitative estimate of drug-likeness (QED) is 0.445. The molecule has 3 aromatic rings. The molecular weight excluding hydrogens is 432 g/mol. The second kappa shape index (κ2) is 9.45. The molecule has 0 unspecified atom stereocenters. The number of carbonyl (C=O) groups is 1. The van der Waals surface area contributed by atoms with Gasteiger partial charge < -0.3 is 14.7 Å². The van der Waals surface area contributed by atoms with Crippen LogP contribution in [0.5, 0.6) is 5.75 Å². The predicted octanol–water partition coefficient (Wildman–Crippen LogP) is 6.04. The van der Waals surface area contributed by atoms with Crippen LogP contribution in [0.4, 0.5) is 5.13 Å². The van der Waals surface area contributed by atoms with Gasteiger partial charge in [-0.2, -0.15) is 0 Å². The van der Waals surface area contributed by atoms with Crippen molar-refractivity contribution < 1.29 is 14.6 Å². The summed E-state index contributed by atoms with van der Waals surface area (Å²) in [6, 6.07) is 13.3. The van der Waals surface area contributed by atoms with Crippen molar-refractivity contribution >= 4 is 44.3 Å². The summed E-state index contributed by atoms with van der Waals surface area (Å²) in [5.41, 5.74) is 2.05. The smallest absolute Gasteiger partial charge is 0.307 e. The van der Waals surface area contributed by atoms with Crippen LogP contribution in [-0.2, 0) is 11.2 Å². The first kappa shape index (κ1) is 21.9. The molecule has 0 bridgehead atoms. The van der Waals surface area contributed by atoms with Crippen LogP contribution in [0.25, 0.3) is 10.2 Å². The van der Waals surface area contributed by atoms with E-state index >= 15 is 0 Å². The molecule has 2 aromatic carbocycles. The van der Waals surface area contributed by atoms with E-state index in [2.05, 4.69) is 11.8 Å². The maximum Gasteiger partial charge on any atom is 0.307 e. The summed E-state index contributed by atoms with van der Waals surface area (Å²) in [4.78, 5) is 18.1. The van der Waals surface area contributed by atoms with E-state index in [1.54, 1.807) is 11.3 Å². The fraction of sp³-hybridized carbons (Fsp3) is 0.417. The van der Waals surface area contributed by atoms with Crippen molar-refractivity contribution in [1.82, 2.24) is 4.98 Å². The zero-order valence-corrected chi connectivity index (χ0v) is 19.2. The van der Waals surface area contributed by atoms with Gasteiger partial charge in [0.1, 0.15) is 5.75 Å². The van der Waals surface area contributed by atoms with Crippen LogP contribution < -0.4 is 9.64 Å². The minimum absolute atomic E-state index is 0.0178. The third kappa shape index (κ3) is 5.31. The SMILES string of the molecule is CCC1(CCOc2cccc(CC(=O)O)c2)CCN(c2nc3ccc(Cl)cc3s2)CC1. The van der Waals surface area contributed by atoms with Crippen molar-refractivity contribution in [3.8, 4) is 5.75 Å². The average Bonchev–Trinajstić information content (AvgIpc) is 3.17. The van der Waals surface area contributed by atoms with Crippen LogP contribution in [0.15, 0.2) is 42.5 Å². The topological polar surface area (TPSA) is 62.7 Å². The summed E-state index contributed by atoms with van der Waals surface area (Å²) in [6.45, 7) is 4.90. The van der Waals surface area contributed by atoms with Gasteiger partial charge in [-0.3, -0.25) is 4.79 Å². The van der Waals surface area contributed by atoms with Crippen LogP contribution in [0.1, 0.15) is 38.2 Å². The normalized spacial score (nSPS) is 15.9. The molecule has 1 aromatic heterocycles. The molecule has 1 saturated heterocycles. The lowest BCUT2D eigenvalue weighted by Crippen LogP contribution is -2.40. The number of hydrogen-bond donors (Lipinski definition) is 1. The largest absolute Gasteiger partial charge is 0.494 e. The van der Waals surface area contributed by atoms with Crippen molar-refractivity contribution in [2.75, 3.05) is 24.6 Å². The van der Waals surface area contributed by atoms with Gasteiger partial charge in [0.2, 0.25) is 0 Å². The second-order valence-corrected chi connectivity index (χ2v) is 9.71. The molecule has 7 heteroatoms. The maximum absolute atomic E-state index is 10.9. The van der Waals surface area contributed by atoms with Gasteiger partial charge in [-0.1, -0.05) is 48.4 Å². The molecule has 4 rings (SSSR count). The number of hydrogen-bond acceptors (Lipinski definition) is 5. The molecule has 0 aliphatic carbocycles. The van der Waals surface area contributed by atoms with E-state index in [1.165, 1.54) is 0 Å². The Morgan fingerprint density at radius 1 is 1.26 bits per heavy atom. The first-order valence-corrected chi connectivity index (χ1v) is 11.9. The highest BCUT2D eigenvalue weighted by Crippen LogP contribution is 2.41. The zero-order valence-electron chi connectivity index (χ0n) is 17.6. The number of benzene rings is 2. The summed E-state index contributed by atoms with van der Waals surface area (Å²) in [5, 5.41) is 10.8. The number of rotatable bonds is 8. The van der Waals surface area contributed by atoms with Gasteiger partial charge in [0.25, 0.3) is 0 Å². The molecule has 1 aliphatic heterocycles. The van der Waals surface area contributed by atoms with Crippen LogP contribution in [-0.4, -0.2) is 35.8 Å². The molecule has 164 valence electrons. The monoisotopic (exact) mass is 458 g/mol. The fourth-order valence-corrected chi connectivity index (χ4v) is 5.57. The molecule has 0 spiro atoms. The van der Waals surface area contributed by atoms with E-state index in [0.29, 0.717) is 6.61 Å². The average molecular weight is 459 g/mol. The van der Waals surface area contributed by atoms with E-state index < -0.39 is 5.97 Å². The molecule has 0 atom stereocenters. The van der Waals surface area contributed by atoms with E-state index in [1.807, 2.05) is 42.5 Å². The Balaban J connectivity index is 1.33. The lowest BCUT2D eigenvalue weighted by Gasteiger charge is -2.41. The Bertz CT molecular complexity index is 1060. The number of carboxylic acids is 1. The highest BCUT2D eigenvalue weighted by Gasteiger charge is 2.33. The van der Waals surface area contributed by atoms with Gasteiger partial charge in [-0.05, 0) is 60.6 Å². The number of nitrogens with zero attached hydrogens (tertiary/aromatic N) is 2. The second-order valence-electron chi connectivity index (χ2n) is 8.27. The Kier molecular flexibility index (Phi) is 6.68. The summed E-state index contributed by atoms with van der Waals surface area (Å²) in [7, 11) is 0. The third-order valence-corrected chi connectivity index (χ3v) is 7.65. The van der Waals surface area contributed by atoms with Gasteiger partial charge in [-0.15, -0.1) is 0 Å². The highest BCUT2D eigenvalue weighted by molar-refractivity contribution is 7.22. The van der Waals surface area contributed by atoms with E-state index in [9.17, 15) is 4.79 Å². The van der Waals surface area contributed by atoms with E-state index in [-0.39, 0.29) is 11.8 Å². The maximum atomic E-state index is 10.9. The molecule has 0 amide bonds. The molecular formula is C24H27ClN2O3S.